The zero-order valence-electron chi connectivity index (χ0n) is 6.93. The number of hydrogen-bond acceptors (Lipinski definition) is 4. The summed E-state index contributed by atoms with van der Waals surface area (Å²) in [6.07, 6.45) is 6.84. The van der Waals surface area contributed by atoms with Gasteiger partial charge in [-0.25, -0.2) is 0 Å². The first kappa shape index (κ1) is 8.77. The van der Waals surface area contributed by atoms with Gasteiger partial charge in [0.25, 0.3) is 0 Å². The molecule has 0 aromatic heterocycles. The largest absolute Gasteiger partial charge is 0.290 e. The van der Waals surface area contributed by atoms with Crippen molar-refractivity contribution in [3.8, 4) is 0 Å². The molecule has 0 radical (unpaired) electrons. The van der Waals surface area contributed by atoms with Crippen molar-refractivity contribution in [3.63, 3.8) is 0 Å². The van der Waals surface area contributed by atoms with Crippen molar-refractivity contribution in [1.29, 1.82) is 0 Å². The minimum atomic E-state index is 0.719. The second-order valence-corrected chi connectivity index (χ2v) is 2.22. The molecule has 4 heteroatoms. The predicted molar refractivity (Wildman–Crippen MR) is 53.4 cm³/mol. The van der Waals surface area contributed by atoms with E-state index >= 15 is 0 Å². The summed E-state index contributed by atoms with van der Waals surface area (Å²) in [5.41, 5.74) is 0. The van der Waals surface area contributed by atoms with Crippen LogP contribution >= 0.6 is 0 Å². The molecule has 0 unspecified atom stereocenters. The average Bonchev–Trinajstić information content (AvgIpc) is 2.05. The van der Waals surface area contributed by atoms with Gasteiger partial charge in [0, 0.05) is 24.9 Å². The highest BCUT2D eigenvalue weighted by Gasteiger charge is 1.79. The Morgan fingerprint density at radius 3 is 1.00 bits per heavy atom. The van der Waals surface area contributed by atoms with Gasteiger partial charge in [0.1, 0.15) is 0 Å². The van der Waals surface area contributed by atoms with Crippen LogP contribution in [-0.2, 0) is 0 Å². The maximum absolute atomic E-state index is 4.07. The van der Waals surface area contributed by atoms with Crippen LogP contribution in [0.3, 0.4) is 0 Å². The van der Waals surface area contributed by atoms with Gasteiger partial charge in [0.15, 0.2) is 0 Å². The van der Waals surface area contributed by atoms with E-state index in [2.05, 4.69) is 20.0 Å². The molecule has 0 saturated heterocycles. The van der Waals surface area contributed by atoms with E-state index in [0.717, 1.165) is 26.2 Å². The second-order valence-electron chi connectivity index (χ2n) is 2.22. The summed E-state index contributed by atoms with van der Waals surface area (Å²) in [6, 6.07) is 0. The molecule has 0 saturated carbocycles. The normalized spacial score (nSPS) is 29.3. The fourth-order valence-corrected chi connectivity index (χ4v) is 0.718. The Balaban J connectivity index is 2.40. The van der Waals surface area contributed by atoms with E-state index in [-0.39, 0.29) is 0 Å². The standard InChI is InChI=1S/C8H12N4/c1-2-10-5-6-12-8-7-11-4-3-9-1/h1-2,7-8H,3-6H2/b9-1-,10-2+,11-7-,12-8+. The number of hydrogen-bond donors (Lipinski definition) is 0. The smallest absolute Gasteiger partial charge is 0.0585 e. The lowest BCUT2D eigenvalue weighted by Gasteiger charge is -1.89. The molecule has 0 spiro atoms. The van der Waals surface area contributed by atoms with Gasteiger partial charge in [-0.05, 0) is 0 Å². The molecule has 0 aliphatic carbocycles. The number of rotatable bonds is 0. The van der Waals surface area contributed by atoms with E-state index in [1.165, 1.54) is 0 Å². The molecule has 1 heterocycles. The van der Waals surface area contributed by atoms with Crippen molar-refractivity contribution < 1.29 is 0 Å². The van der Waals surface area contributed by atoms with Crippen LogP contribution in [-0.4, -0.2) is 51.0 Å². The van der Waals surface area contributed by atoms with Gasteiger partial charge in [-0.3, -0.25) is 20.0 Å². The van der Waals surface area contributed by atoms with E-state index in [1.54, 1.807) is 24.9 Å². The van der Waals surface area contributed by atoms with E-state index in [9.17, 15) is 0 Å². The number of nitrogens with zero attached hydrogens (tertiary/aromatic N) is 4. The maximum Gasteiger partial charge on any atom is 0.0585 e. The molecule has 4 nitrogen and oxygen atoms in total. The van der Waals surface area contributed by atoms with Gasteiger partial charge >= 0.3 is 0 Å². The van der Waals surface area contributed by atoms with Crippen LogP contribution in [0.25, 0.3) is 0 Å². The number of aliphatic imine (C=N–C) groups is 4. The van der Waals surface area contributed by atoms with Crippen LogP contribution < -0.4 is 0 Å². The first-order chi connectivity index (χ1) is 6.00. The summed E-state index contributed by atoms with van der Waals surface area (Å²) in [4.78, 5) is 16.3. The summed E-state index contributed by atoms with van der Waals surface area (Å²) in [7, 11) is 0. The Hall–Kier alpha value is -1.32. The van der Waals surface area contributed by atoms with Crippen LogP contribution in [0.2, 0.25) is 0 Å². The van der Waals surface area contributed by atoms with Crippen molar-refractivity contribution in [2.24, 2.45) is 20.0 Å². The highest BCUT2D eigenvalue weighted by atomic mass is 14.8. The van der Waals surface area contributed by atoms with Gasteiger partial charge in [-0.1, -0.05) is 0 Å². The third kappa shape index (κ3) is 4.49. The van der Waals surface area contributed by atoms with Gasteiger partial charge in [-0.15, -0.1) is 0 Å². The molecule has 64 valence electrons. The first-order valence-electron chi connectivity index (χ1n) is 3.96. The molecule has 0 atom stereocenters. The highest BCUT2D eigenvalue weighted by molar-refractivity contribution is 6.16. The first-order valence-corrected chi connectivity index (χ1v) is 3.96. The minimum Gasteiger partial charge on any atom is -0.290 e. The van der Waals surface area contributed by atoms with Crippen LogP contribution in [0.1, 0.15) is 0 Å². The predicted octanol–water partition coefficient (Wildman–Crippen LogP) is 0.283. The second kappa shape index (κ2) is 6.39. The van der Waals surface area contributed by atoms with Crippen molar-refractivity contribution in [2.45, 2.75) is 0 Å². The molecular weight excluding hydrogens is 152 g/mol. The summed E-state index contributed by atoms with van der Waals surface area (Å²) < 4.78 is 0. The van der Waals surface area contributed by atoms with Crippen LogP contribution in [0.15, 0.2) is 20.0 Å². The molecular formula is C8H12N4. The van der Waals surface area contributed by atoms with Crippen molar-refractivity contribution >= 4 is 24.9 Å². The molecule has 0 N–H and O–H groups in total. The SMILES string of the molecule is C1=N\CC/N=C\C=N\CC/N=C/1. The fraction of sp³-hybridized carbons (Fsp3) is 0.500. The minimum absolute atomic E-state index is 0.719. The Kier molecular flexibility index (Phi) is 4.67. The maximum atomic E-state index is 4.07. The van der Waals surface area contributed by atoms with Gasteiger partial charge < -0.3 is 0 Å². The molecule has 12 heavy (non-hydrogen) atoms. The topological polar surface area (TPSA) is 49.4 Å². The van der Waals surface area contributed by atoms with Crippen molar-refractivity contribution in [1.82, 2.24) is 0 Å². The Morgan fingerprint density at radius 2 is 0.750 bits per heavy atom. The lowest BCUT2D eigenvalue weighted by atomic mass is 10.6. The zero-order valence-corrected chi connectivity index (χ0v) is 6.93. The van der Waals surface area contributed by atoms with E-state index < -0.39 is 0 Å². The van der Waals surface area contributed by atoms with Crippen LogP contribution in [0.4, 0.5) is 0 Å². The molecule has 0 fully saturated rings. The average molecular weight is 164 g/mol. The highest BCUT2D eigenvalue weighted by Crippen LogP contribution is 1.75. The summed E-state index contributed by atoms with van der Waals surface area (Å²) in [5, 5.41) is 0. The molecule has 0 aromatic carbocycles. The van der Waals surface area contributed by atoms with E-state index in [1.807, 2.05) is 0 Å². The monoisotopic (exact) mass is 164 g/mol. The molecule has 1 rings (SSSR count). The lowest BCUT2D eigenvalue weighted by Crippen LogP contribution is -1.94. The third-order valence-electron chi connectivity index (χ3n) is 1.27. The van der Waals surface area contributed by atoms with E-state index in [4.69, 9.17) is 0 Å². The van der Waals surface area contributed by atoms with E-state index in [0.29, 0.717) is 0 Å². The Bertz CT molecular complexity index is 167. The molecule has 1 aliphatic heterocycles. The van der Waals surface area contributed by atoms with Gasteiger partial charge in [-0.2, -0.15) is 0 Å². The zero-order chi connectivity index (χ0) is 8.49. The van der Waals surface area contributed by atoms with Gasteiger partial charge in [0.2, 0.25) is 0 Å². The van der Waals surface area contributed by atoms with Crippen molar-refractivity contribution in [2.75, 3.05) is 26.2 Å². The third-order valence-corrected chi connectivity index (χ3v) is 1.27. The Labute approximate surface area is 71.9 Å². The summed E-state index contributed by atoms with van der Waals surface area (Å²) >= 11 is 0. The van der Waals surface area contributed by atoms with Crippen LogP contribution in [0, 0.1) is 0 Å². The molecule has 0 aromatic rings. The van der Waals surface area contributed by atoms with Crippen molar-refractivity contribution in [3.05, 3.63) is 0 Å². The quantitative estimate of drug-likeness (QED) is 0.494. The Morgan fingerprint density at radius 1 is 0.500 bits per heavy atom. The fourth-order valence-electron chi connectivity index (χ4n) is 0.718. The summed E-state index contributed by atoms with van der Waals surface area (Å²) in [6.45, 7) is 2.87. The molecule has 0 amide bonds. The van der Waals surface area contributed by atoms with Crippen LogP contribution in [0.5, 0.6) is 0 Å². The van der Waals surface area contributed by atoms with Gasteiger partial charge in [0.05, 0.1) is 26.2 Å². The lowest BCUT2D eigenvalue weighted by molar-refractivity contribution is 0.977. The molecule has 1 aliphatic rings. The molecule has 0 bridgehead atoms. The summed E-state index contributed by atoms with van der Waals surface area (Å²) in [5.74, 6) is 0.